The minimum absolute atomic E-state index is 0. The van der Waals surface area contributed by atoms with Gasteiger partial charge in [-0.25, -0.2) is 0 Å². The lowest BCUT2D eigenvalue weighted by atomic mass is 10.4. The van der Waals surface area contributed by atoms with Gasteiger partial charge in [0.1, 0.15) is 0 Å². The van der Waals surface area contributed by atoms with Gasteiger partial charge in [0.25, 0.3) is 11.9 Å². The van der Waals surface area contributed by atoms with Crippen LogP contribution in [0.3, 0.4) is 0 Å². The average Bonchev–Trinajstić information content (AvgIpc) is 2.59. The van der Waals surface area contributed by atoms with Gasteiger partial charge in [-0.2, -0.15) is 0 Å². The van der Waals surface area contributed by atoms with E-state index in [2.05, 4.69) is 0 Å². The fourth-order valence-corrected chi connectivity index (χ4v) is 4.56. The van der Waals surface area contributed by atoms with Crippen LogP contribution in [0.2, 0.25) is 0 Å². The van der Waals surface area contributed by atoms with E-state index in [4.69, 9.17) is 28.4 Å². The second-order valence-corrected chi connectivity index (χ2v) is 7.81. The van der Waals surface area contributed by atoms with Gasteiger partial charge in [-0.3, -0.25) is 0 Å². The van der Waals surface area contributed by atoms with Crippen molar-refractivity contribution in [3.05, 3.63) is 0 Å². The van der Waals surface area contributed by atoms with Crippen LogP contribution in [-0.4, -0.2) is 74.1 Å². The first-order valence-corrected chi connectivity index (χ1v) is 12.1. The zero-order valence-electron chi connectivity index (χ0n) is 17.3. The minimum Gasteiger partial charge on any atom is -0.328 e. The molecule has 0 aromatic heterocycles. The first kappa shape index (κ1) is 29.9. The second-order valence-electron chi connectivity index (χ2n) is 5.11. The Labute approximate surface area is 178 Å². The predicted octanol–water partition coefficient (Wildman–Crippen LogP) is 3.22. The van der Waals surface area contributed by atoms with Gasteiger partial charge in [0.05, 0.1) is 0 Å². The van der Waals surface area contributed by atoms with Gasteiger partial charge in [0, 0.05) is 64.0 Å². The van der Waals surface area contributed by atoms with E-state index in [0.29, 0.717) is 52.5 Å². The Morgan fingerprint density at radius 1 is 0.481 bits per heavy atom. The number of hydrogen-bond acceptors (Lipinski definition) is 8. The highest BCUT2D eigenvalue weighted by atomic mass is 33.1. The molecular formula is C18H42O6S2Si. The Kier molecular flexibility index (Phi) is 20.7. The van der Waals surface area contributed by atoms with Crippen LogP contribution in [0.15, 0.2) is 0 Å². The van der Waals surface area contributed by atoms with Crippen molar-refractivity contribution in [2.24, 2.45) is 0 Å². The molecule has 6 nitrogen and oxygen atoms in total. The highest BCUT2D eigenvalue weighted by molar-refractivity contribution is 8.76. The molecule has 0 heterocycles. The lowest BCUT2D eigenvalue weighted by Gasteiger charge is -2.32. The molecule has 27 heavy (non-hydrogen) atoms. The first-order valence-electron chi connectivity index (χ1n) is 9.65. The number of ether oxygens (including phenoxy) is 6. The summed E-state index contributed by atoms with van der Waals surface area (Å²) in [5, 5.41) is 0. The van der Waals surface area contributed by atoms with Gasteiger partial charge in [-0.1, -0.05) is 21.6 Å². The van der Waals surface area contributed by atoms with E-state index < -0.39 is 11.9 Å². The highest BCUT2D eigenvalue weighted by Crippen LogP contribution is 2.31. The maximum absolute atomic E-state index is 5.74. The Hall–Kier alpha value is 0.677. The van der Waals surface area contributed by atoms with E-state index >= 15 is 0 Å². The normalized spacial score (nSPS) is 12.2. The molecule has 0 amide bonds. The Morgan fingerprint density at radius 3 is 0.889 bits per heavy atom. The predicted molar refractivity (Wildman–Crippen MR) is 121 cm³/mol. The Bertz CT molecular complexity index is 262. The lowest BCUT2D eigenvalue weighted by Crippen LogP contribution is -2.40. The summed E-state index contributed by atoms with van der Waals surface area (Å²) in [4.78, 5) is 0. The molecule has 166 valence electrons. The fraction of sp³-hybridized carbons (Fsp3) is 1.00. The van der Waals surface area contributed by atoms with Crippen LogP contribution in [0, 0.1) is 0 Å². The summed E-state index contributed by atoms with van der Waals surface area (Å²) in [6.07, 6.45) is 1.35. The van der Waals surface area contributed by atoms with Crippen molar-refractivity contribution < 1.29 is 28.4 Å². The van der Waals surface area contributed by atoms with Crippen molar-refractivity contribution in [3.8, 4) is 0 Å². The van der Waals surface area contributed by atoms with Crippen LogP contribution in [0.4, 0.5) is 0 Å². The van der Waals surface area contributed by atoms with Crippen LogP contribution in [0.5, 0.6) is 0 Å². The highest BCUT2D eigenvalue weighted by Gasteiger charge is 2.33. The smallest absolute Gasteiger partial charge is 0.283 e. The van der Waals surface area contributed by atoms with Gasteiger partial charge in [-0.15, -0.1) is 0 Å². The average molecular weight is 447 g/mol. The zero-order valence-corrected chi connectivity index (χ0v) is 19.0. The maximum atomic E-state index is 5.74. The Balaban J connectivity index is 0. The molecule has 0 rings (SSSR count). The van der Waals surface area contributed by atoms with Crippen LogP contribution in [-0.2, 0) is 28.4 Å². The molecule has 0 aromatic carbocycles. The Morgan fingerprint density at radius 2 is 0.704 bits per heavy atom. The molecule has 9 heteroatoms. The molecule has 0 bridgehead atoms. The van der Waals surface area contributed by atoms with E-state index in [9.17, 15) is 0 Å². The van der Waals surface area contributed by atoms with Crippen molar-refractivity contribution in [3.63, 3.8) is 0 Å². The number of rotatable bonds is 19. The van der Waals surface area contributed by atoms with Gasteiger partial charge in [0.15, 0.2) is 0 Å². The van der Waals surface area contributed by atoms with E-state index in [-0.39, 0.29) is 11.0 Å². The summed E-state index contributed by atoms with van der Waals surface area (Å²) in [5.41, 5.74) is 0. The molecule has 0 N–H and O–H groups in total. The van der Waals surface area contributed by atoms with Gasteiger partial charge < -0.3 is 28.4 Å². The minimum atomic E-state index is -0.933. The van der Waals surface area contributed by atoms with Gasteiger partial charge in [0.2, 0.25) is 0 Å². The van der Waals surface area contributed by atoms with Gasteiger partial charge in [-0.05, 0) is 52.5 Å². The van der Waals surface area contributed by atoms with Crippen molar-refractivity contribution in [2.45, 2.75) is 66.3 Å². The molecule has 0 saturated heterocycles. The van der Waals surface area contributed by atoms with Crippen LogP contribution < -0.4 is 0 Å². The van der Waals surface area contributed by atoms with E-state index in [1.807, 2.05) is 41.5 Å². The molecule has 0 atom stereocenters. The molecule has 0 aliphatic rings. The molecule has 0 aliphatic heterocycles. The summed E-state index contributed by atoms with van der Waals surface area (Å²) in [7, 11) is 3.53. The maximum Gasteiger partial charge on any atom is 0.283 e. The molecule has 0 unspecified atom stereocenters. The van der Waals surface area contributed by atoms with E-state index in [0.717, 1.165) is 11.5 Å². The summed E-state index contributed by atoms with van der Waals surface area (Å²) in [6, 6.07) is 0. The molecule has 0 radical (unpaired) electrons. The van der Waals surface area contributed by atoms with Crippen LogP contribution in [0.1, 0.15) is 54.4 Å². The van der Waals surface area contributed by atoms with Crippen molar-refractivity contribution in [1.82, 2.24) is 0 Å². The monoisotopic (exact) mass is 446 g/mol. The third kappa shape index (κ3) is 12.8. The van der Waals surface area contributed by atoms with Crippen molar-refractivity contribution in [1.29, 1.82) is 0 Å². The molecule has 0 fully saturated rings. The zero-order chi connectivity index (χ0) is 19.7. The molecule has 0 saturated carbocycles. The molecule has 0 aliphatic carbocycles. The third-order valence-corrected chi connectivity index (χ3v) is 5.66. The van der Waals surface area contributed by atoms with Crippen molar-refractivity contribution in [2.75, 3.05) is 51.1 Å². The fourth-order valence-electron chi connectivity index (χ4n) is 2.45. The SMILES string of the molecule is CCOC(CCSSCCC(OCC)(OCC)OCC)(OCC)OCC.[SiH4]. The topological polar surface area (TPSA) is 55.4 Å². The summed E-state index contributed by atoms with van der Waals surface area (Å²) in [6.45, 7) is 15.0. The molecule has 0 spiro atoms. The largest absolute Gasteiger partial charge is 0.328 e. The molecular weight excluding hydrogens is 404 g/mol. The van der Waals surface area contributed by atoms with E-state index in [1.54, 1.807) is 21.6 Å². The summed E-state index contributed by atoms with van der Waals surface area (Å²) < 4.78 is 34.4. The van der Waals surface area contributed by atoms with Gasteiger partial charge >= 0.3 is 0 Å². The second kappa shape index (κ2) is 18.7. The van der Waals surface area contributed by atoms with Crippen molar-refractivity contribution >= 4 is 32.6 Å². The summed E-state index contributed by atoms with van der Waals surface area (Å²) >= 11 is 0. The molecule has 0 aromatic rings. The van der Waals surface area contributed by atoms with Crippen LogP contribution in [0.25, 0.3) is 0 Å². The third-order valence-electron chi connectivity index (χ3n) is 3.25. The lowest BCUT2D eigenvalue weighted by molar-refractivity contribution is -0.377. The van der Waals surface area contributed by atoms with Crippen LogP contribution >= 0.6 is 21.6 Å². The summed E-state index contributed by atoms with van der Waals surface area (Å²) in [5.74, 6) is -0.153. The standard InChI is InChI=1S/C18H38O6S2.H4Si/c1-7-19-17(20-8-2,21-9-3)13-15-25-26-16-14-18(22-10-4,23-11-5)24-12-6;/h7-16H2,1-6H3;1H4. The first-order chi connectivity index (χ1) is 12.6. The van der Waals surface area contributed by atoms with E-state index in [1.165, 1.54) is 0 Å². The quantitative estimate of drug-likeness (QED) is 0.130. The number of hydrogen-bond donors (Lipinski definition) is 0.